The Morgan fingerprint density at radius 2 is 1.85 bits per heavy atom. The first-order chi connectivity index (χ1) is 15.6. The van der Waals surface area contributed by atoms with Crippen LogP contribution in [0.5, 0.6) is 0 Å². The average molecular weight is 481 g/mol. The number of hydrogen-bond donors (Lipinski definition) is 1. The van der Waals surface area contributed by atoms with E-state index in [4.69, 9.17) is 0 Å². The Balaban J connectivity index is 1.38. The van der Waals surface area contributed by atoms with Gasteiger partial charge in [0.1, 0.15) is 11.5 Å². The summed E-state index contributed by atoms with van der Waals surface area (Å²) in [5, 5.41) is 6.85. The number of amides is 1. The van der Waals surface area contributed by atoms with Gasteiger partial charge in [-0.1, -0.05) is 0 Å². The number of alkyl halides is 3. The molecule has 1 amide bonds. The zero-order valence-corrected chi connectivity index (χ0v) is 18.2. The Kier molecular flexibility index (Phi) is 6.28. The molecule has 1 fully saturated rings. The van der Waals surface area contributed by atoms with Gasteiger partial charge < -0.3 is 5.32 Å². The fraction of sp³-hybridized carbons (Fsp3) is 0.333. The molecular formula is C21H19F4N5O2S. The second-order valence-corrected chi connectivity index (χ2v) is 9.34. The first-order valence-electron chi connectivity index (χ1n) is 10.0. The highest BCUT2D eigenvalue weighted by atomic mass is 32.2. The maximum atomic E-state index is 13.1. The summed E-state index contributed by atoms with van der Waals surface area (Å²) in [6.07, 6.45) is 0.285. The predicted octanol–water partition coefficient (Wildman–Crippen LogP) is 3.13. The van der Waals surface area contributed by atoms with Gasteiger partial charge in [-0.3, -0.25) is 9.00 Å². The highest BCUT2D eigenvalue weighted by Crippen LogP contribution is 2.29. The van der Waals surface area contributed by atoms with E-state index >= 15 is 0 Å². The SMILES string of the molecule is Cc1nn(-c2cnc(C(F)(F)F)nc2)cc1CC(=O)N[C@@H]1CC[C@@H]1S(=O)c1ccc(F)cc1. The third kappa shape index (κ3) is 5.10. The van der Waals surface area contributed by atoms with Gasteiger partial charge in [-0.05, 0) is 44.0 Å². The molecule has 0 aliphatic heterocycles. The van der Waals surface area contributed by atoms with E-state index in [1.807, 2.05) is 0 Å². The number of carbonyl (C=O) groups is 1. The topological polar surface area (TPSA) is 89.8 Å². The van der Waals surface area contributed by atoms with Gasteiger partial charge in [-0.25, -0.2) is 19.0 Å². The van der Waals surface area contributed by atoms with Crippen molar-refractivity contribution >= 4 is 16.7 Å². The van der Waals surface area contributed by atoms with Crippen molar-refractivity contribution < 1.29 is 26.6 Å². The van der Waals surface area contributed by atoms with Crippen molar-refractivity contribution in [3.05, 3.63) is 65.8 Å². The summed E-state index contributed by atoms with van der Waals surface area (Å²) in [7, 11) is -1.37. The van der Waals surface area contributed by atoms with Crippen molar-refractivity contribution in [2.24, 2.45) is 0 Å². The Morgan fingerprint density at radius 1 is 1.18 bits per heavy atom. The van der Waals surface area contributed by atoms with Crippen LogP contribution < -0.4 is 5.32 Å². The van der Waals surface area contributed by atoms with E-state index in [9.17, 15) is 26.6 Å². The number of rotatable bonds is 6. The van der Waals surface area contributed by atoms with Crippen molar-refractivity contribution in [1.29, 1.82) is 0 Å². The normalized spacial score (nSPS) is 19.1. The minimum Gasteiger partial charge on any atom is -0.352 e. The molecule has 1 aliphatic carbocycles. The van der Waals surface area contributed by atoms with Crippen molar-refractivity contribution in [3.63, 3.8) is 0 Å². The number of carbonyl (C=O) groups excluding carboxylic acids is 1. The van der Waals surface area contributed by atoms with E-state index in [1.165, 1.54) is 35.1 Å². The highest BCUT2D eigenvalue weighted by Gasteiger charge is 2.37. The second-order valence-electron chi connectivity index (χ2n) is 7.66. The Labute approximate surface area is 188 Å². The van der Waals surface area contributed by atoms with E-state index in [1.54, 1.807) is 6.92 Å². The van der Waals surface area contributed by atoms with Gasteiger partial charge in [-0.15, -0.1) is 0 Å². The summed E-state index contributed by atoms with van der Waals surface area (Å²) < 4.78 is 65.0. The van der Waals surface area contributed by atoms with Crippen molar-refractivity contribution in [2.75, 3.05) is 0 Å². The second kappa shape index (κ2) is 9.00. The van der Waals surface area contributed by atoms with Crippen molar-refractivity contribution in [1.82, 2.24) is 25.1 Å². The molecule has 1 aromatic carbocycles. The molecule has 7 nitrogen and oxygen atoms in total. The summed E-state index contributed by atoms with van der Waals surface area (Å²) in [6, 6.07) is 5.20. The summed E-state index contributed by atoms with van der Waals surface area (Å²) in [4.78, 5) is 19.7. The Morgan fingerprint density at radius 3 is 2.42 bits per heavy atom. The number of nitrogens with zero attached hydrogens (tertiary/aromatic N) is 4. The summed E-state index contributed by atoms with van der Waals surface area (Å²) >= 11 is 0. The van der Waals surface area contributed by atoms with Crippen molar-refractivity contribution in [2.45, 2.75) is 48.5 Å². The van der Waals surface area contributed by atoms with Crippen LogP contribution in [0.4, 0.5) is 17.6 Å². The third-order valence-electron chi connectivity index (χ3n) is 5.39. The molecule has 3 atom stereocenters. The summed E-state index contributed by atoms with van der Waals surface area (Å²) in [5.74, 6) is -1.94. The molecule has 33 heavy (non-hydrogen) atoms. The number of hydrogen-bond acceptors (Lipinski definition) is 5. The molecular weight excluding hydrogens is 462 g/mol. The van der Waals surface area contributed by atoms with Gasteiger partial charge in [0.2, 0.25) is 11.7 Å². The first kappa shape index (κ1) is 23.0. The maximum absolute atomic E-state index is 13.1. The van der Waals surface area contributed by atoms with Crippen LogP contribution in [0.3, 0.4) is 0 Å². The summed E-state index contributed by atoms with van der Waals surface area (Å²) in [5.41, 5.74) is 1.35. The molecule has 1 unspecified atom stereocenters. The van der Waals surface area contributed by atoms with E-state index < -0.39 is 28.6 Å². The minimum atomic E-state index is -4.64. The van der Waals surface area contributed by atoms with E-state index in [2.05, 4.69) is 20.4 Å². The molecule has 1 aliphatic rings. The van der Waals surface area contributed by atoms with Crippen LogP contribution in [0, 0.1) is 12.7 Å². The van der Waals surface area contributed by atoms with Gasteiger partial charge in [0.05, 0.1) is 40.6 Å². The predicted molar refractivity (Wildman–Crippen MR) is 110 cm³/mol. The monoisotopic (exact) mass is 481 g/mol. The smallest absolute Gasteiger partial charge is 0.352 e. The van der Waals surface area contributed by atoms with Crippen LogP contribution in [-0.4, -0.2) is 41.2 Å². The lowest BCUT2D eigenvalue weighted by molar-refractivity contribution is -0.145. The zero-order valence-electron chi connectivity index (χ0n) is 17.3. The molecule has 0 saturated heterocycles. The van der Waals surface area contributed by atoms with Gasteiger partial charge in [0.15, 0.2) is 0 Å². The van der Waals surface area contributed by atoms with Crippen LogP contribution in [0.15, 0.2) is 47.8 Å². The fourth-order valence-electron chi connectivity index (χ4n) is 3.45. The molecule has 0 spiro atoms. The third-order valence-corrected chi connectivity index (χ3v) is 7.24. The number of aryl methyl sites for hydroxylation is 1. The molecule has 0 radical (unpaired) electrons. The number of halogens is 4. The van der Waals surface area contributed by atoms with Crippen molar-refractivity contribution in [3.8, 4) is 5.69 Å². The standard InChI is InChI=1S/C21H19F4N5O2S/c1-12-13(11-30(29-12)15-9-26-20(27-10-15)21(23,24)25)8-19(31)28-17-6-7-18(17)33(32)16-4-2-14(22)3-5-16/h2-5,9-11,17-18H,6-8H2,1H3,(H,28,31)/t17-,18+,33?/m1/s1. The molecule has 0 bridgehead atoms. The minimum absolute atomic E-state index is 0.000270. The Hall–Kier alpha value is -3.15. The van der Waals surface area contributed by atoms with Crippen LogP contribution in [0.2, 0.25) is 0 Å². The van der Waals surface area contributed by atoms with Crippen LogP contribution >= 0.6 is 0 Å². The molecule has 2 heterocycles. The zero-order chi connectivity index (χ0) is 23.8. The largest absolute Gasteiger partial charge is 0.451 e. The molecule has 3 aromatic rings. The highest BCUT2D eigenvalue weighted by molar-refractivity contribution is 7.85. The number of nitrogens with one attached hydrogen (secondary N) is 1. The molecule has 1 N–H and O–H groups in total. The van der Waals surface area contributed by atoms with Gasteiger partial charge >= 0.3 is 6.18 Å². The lowest BCUT2D eigenvalue weighted by atomic mass is 9.92. The van der Waals surface area contributed by atoms with Crippen LogP contribution in [0.1, 0.15) is 29.9 Å². The molecule has 4 rings (SSSR count). The van der Waals surface area contributed by atoms with E-state index in [-0.39, 0.29) is 29.3 Å². The van der Waals surface area contributed by atoms with Gasteiger partial charge in [0.25, 0.3) is 0 Å². The van der Waals surface area contributed by atoms with E-state index in [0.29, 0.717) is 29.0 Å². The lowest BCUT2D eigenvalue weighted by Crippen LogP contribution is -2.52. The van der Waals surface area contributed by atoms with Crippen LogP contribution in [-0.2, 0) is 28.2 Å². The number of aromatic nitrogens is 4. The number of benzene rings is 1. The first-order valence-corrected chi connectivity index (χ1v) is 11.2. The van der Waals surface area contributed by atoms with Crippen LogP contribution in [0.25, 0.3) is 5.69 Å². The quantitative estimate of drug-likeness (QED) is 0.547. The summed E-state index contributed by atoms with van der Waals surface area (Å²) in [6.45, 7) is 1.68. The average Bonchev–Trinajstić information content (AvgIpc) is 3.11. The van der Waals surface area contributed by atoms with E-state index in [0.717, 1.165) is 12.4 Å². The van der Waals surface area contributed by atoms with Gasteiger partial charge in [-0.2, -0.15) is 18.3 Å². The molecule has 2 aromatic heterocycles. The van der Waals surface area contributed by atoms with Gasteiger partial charge in [0, 0.05) is 22.7 Å². The molecule has 174 valence electrons. The lowest BCUT2D eigenvalue weighted by Gasteiger charge is -2.36. The molecule has 1 saturated carbocycles. The maximum Gasteiger partial charge on any atom is 0.451 e. The Bertz CT molecular complexity index is 1180. The molecule has 12 heteroatoms. The fourth-order valence-corrected chi connectivity index (χ4v) is 5.06.